The van der Waals surface area contributed by atoms with E-state index in [-0.39, 0.29) is 29.4 Å². The van der Waals surface area contributed by atoms with Crippen LogP contribution in [-0.2, 0) is 4.79 Å². The standard InChI is InChI=1S/C15H12O5/c16-8-5-12(18)15-10(7-14(19)20-13(15)6-8)9-3-1-2-4-11(9)17/h1-6,10,16-18H,7H2/t10-/m1/s1. The van der Waals surface area contributed by atoms with Gasteiger partial charge in [-0.3, -0.25) is 4.79 Å². The molecular weight excluding hydrogens is 260 g/mol. The molecular formula is C15H12O5. The lowest BCUT2D eigenvalue weighted by Gasteiger charge is -2.26. The van der Waals surface area contributed by atoms with Crippen LogP contribution in [0.3, 0.4) is 0 Å². The molecule has 0 fully saturated rings. The number of hydrogen-bond acceptors (Lipinski definition) is 5. The third-order valence-electron chi connectivity index (χ3n) is 3.36. The zero-order valence-corrected chi connectivity index (χ0v) is 10.4. The van der Waals surface area contributed by atoms with Crippen LogP contribution >= 0.6 is 0 Å². The van der Waals surface area contributed by atoms with Gasteiger partial charge in [-0.05, 0) is 6.07 Å². The summed E-state index contributed by atoms with van der Waals surface area (Å²) in [7, 11) is 0. The fourth-order valence-electron chi connectivity index (χ4n) is 2.51. The number of para-hydroxylation sites is 1. The van der Waals surface area contributed by atoms with E-state index >= 15 is 0 Å². The van der Waals surface area contributed by atoms with E-state index < -0.39 is 11.9 Å². The first-order valence-electron chi connectivity index (χ1n) is 6.10. The number of fused-ring (bicyclic) bond motifs is 1. The molecule has 2 aromatic rings. The molecule has 0 aromatic heterocycles. The molecule has 2 aromatic carbocycles. The molecule has 5 heteroatoms. The van der Waals surface area contributed by atoms with Crippen molar-refractivity contribution in [2.45, 2.75) is 12.3 Å². The maximum Gasteiger partial charge on any atom is 0.312 e. The van der Waals surface area contributed by atoms with E-state index in [2.05, 4.69) is 0 Å². The van der Waals surface area contributed by atoms with Gasteiger partial charge in [0.1, 0.15) is 23.0 Å². The van der Waals surface area contributed by atoms with E-state index in [1.165, 1.54) is 18.2 Å². The Kier molecular flexibility index (Phi) is 2.75. The van der Waals surface area contributed by atoms with Gasteiger partial charge in [0.2, 0.25) is 0 Å². The second-order valence-electron chi connectivity index (χ2n) is 4.67. The Hall–Kier alpha value is -2.69. The van der Waals surface area contributed by atoms with Crippen molar-refractivity contribution in [3.8, 4) is 23.0 Å². The Bertz CT molecular complexity index is 693. The quantitative estimate of drug-likeness (QED) is 0.547. The molecule has 1 heterocycles. The van der Waals surface area contributed by atoms with Gasteiger partial charge in [-0.1, -0.05) is 18.2 Å². The number of carbonyl (C=O) groups excluding carboxylic acids is 1. The van der Waals surface area contributed by atoms with E-state index in [0.29, 0.717) is 11.1 Å². The average molecular weight is 272 g/mol. The van der Waals surface area contributed by atoms with Crippen molar-refractivity contribution >= 4 is 5.97 Å². The Morgan fingerprint density at radius 2 is 1.80 bits per heavy atom. The number of carbonyl (C=O) groups is 1. The number of aromatic hydroxyl groups is 3. The Morgan fingerprint density at radius 1 is 1.05 bits per heavy atom. The predicted molar refractivity (Wildman–Crippen MR) is 70.0 cm³/mol. The summed E-state index contributed by atoms with van der Waals surface area (Å²) in [5.41, 5.74) is 0.926. The number of ether oxygens (including phenoxy) is 1. The van der Waals surface area contributed by atoms with Crippen molar-refractivity contribution in [3.05, 3.63) is 47.5 Å². The van der Waals surface area contributed by atoms with Crippen LogP contribution in [-0.4, -0.2) is 21.3 Å². The van der Waals surface area contributed by atoms with Crippen molar-refractivity contribution in [1.29, 1.82) is 0 Å². The molecule has 0 saturated carbocycles. The van der Waals surface area contributed by atoms with Gasteiger partial charge in [0.15, 0.2) is 0 Å². The van der Waals surface area contributed by atoms with Gasteiger partial charge in [-0.2, -0.15) is 0 Å². The molecule has 3 N–H and O–H groups in total. The second-order valence-corrected chi connectivity index (χ2v) is 4.67. The third-order valence-corrected chi connectivity index (χ3v) is 3.36. The SMILES string of the molecule is O=C1C[C@H](c2ccccc2O)c2c(O)cc(O)cc2O1. The first kappa shape index (κ1) is 12.3. The summed E-state index contributed by atoms with van der Waals surface area (Å²) >= 11 is 0. The fourth-order valence-corrected chi connectivity index (χ4v) is 2.51. The molecule has 0 amide bonds. The fraction of sp³-hybridized carbons (Fsp3) is 0.133. The van der Waals surface area contributed by atoms with Crippen LogP contribution in [0.5, 0.6) is 23.0 Å². The molecule has 0 aliphatic carbocycles. The summed E-state index contributed by atoms with van der Waals surface area (Å²) in [6, 6.07) is 9.09. The highest BCUT2D eigenvalue weighted by Crippen LogP contribution is 2.47. The molecule has 20 heavy (non-hydrogen) atoms. The van der Waals surface area contributed by atoms with Gasteiger partial charge in [0, 0.05) is 29.2 Å². The number of hydrogen-bond donors (Lipinski definition) is 3. The second kappa shape index (κ2) is 4.45. The number of phenolic OH excluding ortho intramolecular Hbond substituents is 3. The number of esters is 1. The minimum Gasteiger partial charge on any atom is -0.508 e. The molecule has 102 valence electrons. The van der Waals surface area contributed by atoms with Gasteiger partial charge in [-0.15, -0.1) is 0 Å². The first-order chi connectivity index (χ1) is 9.56. The number of rotatable bonds is 1. The van der Waals surface area contributed by atoms with E-state index in [1.54, 1.807) is 18.2 Å². The van der Waals surface area contributed by atoms with Crippen molar-refractivity contribution < 1.29 is 24.9 Å². The molecule has 1 atom stereocenters. The summed E-state index contributed by atoms with van der Waals surface area (Å²) in [4.78, 5) is 11.7. The largest absolute Gasteiger partial charge is 0.508 e. The summed E-state index contributed by atoms with van der Waals surface area (Å²) < 4.78 is 5.04. The van der Waals surface area contributed by atoms with Crippen LogP contribution in [0, 0.1) is 0 Å². The Balaban J connectivity index is 2.20. The normalized spacial score (nSPS) is 17.4. The molecule has 0 unspecified atom stereocenters. The zero-order valence-electron chi connectivity index (χ0n) is 10.4. The van der Waals surface area contributed by atoms with Crippen LogP contribution in [0.2, 0.25) is 0 Å². The maximum atomic E-state index is 11.7. The molecule has 3 rings (SSSR count). The molecule has 0 radical (unpaired) electrons. The van der Waals surface area contributed by atoms with Gasteiger partial charge >= 0.3 is 5.97 Å². The summed E-state index contributed by atoms with van der Waals surface area (Å²) in [5.74, 6) is -1.17. The highest BCUT2D eigenvalue weighted by molar-refractivity contribution is 5.79. The molecule has 1 aliphatic heterocycles. The lowest BCUT2D eigenvalue weighted by molar-refractivity contribution is -0.135. The highest BCUT2D eigenvalue weighted by atomic mass is 16.5. The highest BCUT2D eigenvalue weighted by Gasteiger charge is 2.32. The predicted octanol–water partition coefficient (Wildman–Crippen LogP) is 2.24. The van der Waals surface area contributed by atoms with E-state index in [1.807, 2.05) is 0 Å². The van der Waals surface area contributed by atoms with Crippen LogP contribution in [0.25, 0.3) is 0 Å². The topological polar surface area (TPSA) is 87.0 Å². The van der Waals surface area contributed by atoms with Crippen molar-refractivity contribution in [3.63, 3.8) is 0 Å². The molecule has 0 bridgehead atoms. The van der Waals surface area contributed by atoms with Crippen molar-refractivity contribution in [2.75, 3.05) is 0 Å². The monoisotopic (exact) mass is 272 g/mol. The average Bonchev–Trinajstić information content (AvgIpc) is 2.37. The van der Waals surface area contributed by atoms with Gasteiger partial charge < -0.3 is 20.1 Å². The van der Waals surface area contributed by atoms with E-state index in [0.717, 1.165) is 0 Å². The smallest absolute Gasteiger partial charge is 0.312 e. The number of phenols is 3. The number of benzene rings is 2. The van der Waals surface area contributed by atoms with E-state index in [9.17, 15) is 20.1 Å². The lowest BCUT2D eigenvalue weighted by Crippen LogP contribution is -2.21. The zero-order chi connectivity index (χ0) is 14.3. The Morgan fingerprint density at radius 3 is 2.55 bits per heavy atom. The summed E-state index contributed by atoms with van der Waals surface area (Å²) in [6.07, 6.45) is 0.0168. The van der Waals surface area contributed by atoms with Gasteiger partial charge in [-0.25, -0.2) is 0 Å². The maximum absolute atomic E-state index is 11.7. The summed E-state index contributed by atoms with van der Waals surface area (Å²) in [5, 5.41) is 29.4. The summed E-state index contributed by atoms with van der Waals surface area (Å²) in [6.45, 7) is 0. The van der Waals surface area contributed by atoms with Crippen LogP contribution in [0.4, 0.5) is 0 Å². The molecule has 0 spiro atoms. The third kappa shape index (κ3) is 1.93. The molecule has 0 saturated heterocycles. The van der Waals surface area contributed by atoms with Gasteiger partial charge in [0.05, 0.1) is 6.42 Å². The molecule has 5 nitrogen and oxygen atoms in total. The van der Waals surface area contributed by atoms with Crippen molar-refractivity contribution in [2.24, 2.45) is 0 Å². The minimum atomic E-state index is -0.506. The first-order valence-corrected chi connectivity index (χ1v) is 6.10. The van der Waals surface area contributed by atoms with Crippen LogP contribution < -0.4 is 4.74 Å². The molecule has 1 aliphatic rings. The van der Waals surface area contributed by atoms with Crippen molar-refractivity contribution in [1.82, 2.24) is 0 Å². The van der Waals surface area contributed by atoms with E-state index in [4.69, 9.17) is 4.74 Å². The van der Waals surface area contributed by atoms with Crippen LogP contribution in [0.15, 0.2) is 36.4 Å². The lowest BCUT2D eigenvalue weighted by atomic mass is 9.85. The Labute approximate surface area is 114 Å². The van der Waals surface area contributed by atoms with Gasteiger partial charge in [0.25, 0.3) is 0 Å². The minimum absolute atomic E-state index is 0.0168. The van der Waals surface area contributed by atoms with Crippen LogP contribution in [0.1, 0.15) is 23.5 Å².